The highest BCUT2D eigenvalue weighted by Crippen LogP contribution is 2.11. The Morgan fingerprint density at radius 1 is 1.41 bits per heavy atom. The van der Waals surface area contributed by atoms with Gasteiger partial charge in [-0.1, -0.05) is 25.5 Å². The zero-order chi connectivity index (χ0) is 12.7. The lowest BCUT2D eigenvalue weighted by molar-refractivity contribution is -0.150. The van der Waals surface area contributed by atoms with E-state index in [1.807, 2.05) is 24.3 Å². The molecular formula is C13H17IO3. The number of carboxylic acid groups (broad SMARTS) is 1. The minimum absolute atomic E-state index is 0.427. The number of hydrogen-bond acceptors (Lipinski definition) is 2. The summed E-state index contributed by atoms with van der Waals surface area (Å²) in [5.74, 6) is -0.889. The van der Waals surface area contributed by atoms with E-state index in [1.54, 1.807) is 0 Å². The second-order valence-corrected chi connectivity index (χ2v) is 5.13. The van der Waals surface area contributed by atoms with Gasteiger partial charge in [0, 0.05) is 16.6 Å². The Kier molecular flexibility index (Phi) is 6.50. The molecule has 17 heavy (non-hydrogen) atoms. The maximum Gasteiger partial charge on any atom is 0.333 e. The summed E-state index contributed by atoms with van der Waals surface area (Å²) in [7, 11) is 0. The van der Waals surface area contributed by atoms with E-state index in [0.29, 0.717) is 13.0 Å². The average molecular weight is 348 g/mol. The summed E-state index contributed by atoms with van der Waals surface area (Å²) in [5.41, 5.74) is 0.995. The normalized spacial score (nSPS) is 12.4. The van der Waals surface area contributed by atoms with Crippen LogP contribution < -0.4 is 0 Å². The van der Waals surface area contributed by atoms with Crippen molar-refractivity contribution in [3.63, 3.8) is 0 Å². The first-order chi connectivity index (χ1) is 8.13. The monoisotopic (exact) mass is 348 g/mol. The van der Waals surface area contributed by atoms with Crippen LogP contribution in [0.15, 0.2) is 24.3 Å². The zero-order valence-corrected chi connectivity index (χ0v) is 12.0. The Morgan fingerprint density at radius 3 is 2.59 bits per heavy atom. The Morgan fingerprint density at radius 2 is 2.06 bits per heavy atom. The second kappa shape index (κ2) is 7.66. The lowest BCUT2D eigenvalue weighted by Gasteiger charge is -2.13. The molecule has 1 aromatic rings. The topological polar surface area (TPSA) is 46.5 Å². The molecule has 1 rings (SSSR count). The molecule has 0 heterocycles. The molecule has 0 saturated heterocycles. The number of carboxylic acids is 1. The SMILES string of the molecule is CCCCOC(Cc1ccc(I)cc1)C(=O)O. The number of aliphatic carboxylic acids is 1. The van der Waals surface area contributed by atoms with Gasteiger partial charge in [-0.3, -0.25) is 0 Å². The number of rotatable bonds is 7. The van der Waals surface area contributed by atoms with Gasteiger partial charge in [-0.25, -0.2) is 4.79 Å². The summed E-state index contributed by atoms with van der Waals surface area (Å²) >= 11 is 2.22. The molecule has 1 atom stereocenters. The first-order valence-electron chi connectivity index (χ1n) is 5.72. The van der Waals surface area contributed by atoms with Crippen molar-refractivity contribution in [1.29, 1.82) is 0 Å². The summed E-state index contributed by atoms with van der Waals surface area (Å²) in [5, 5.41) is 9.06. The first-order valence-corrected chi connectivity index (χ1v) is 6.80. The van der Waals surface area contributed by atoms with E-state index in [1.165, 1.54) is 0 Å². The van der Waals surface area contributed by atoms with Gasteiger partial charge in [0.05, 0.1) is 0 Å². The van der Waals surface area contributed by atoms with Crippen LogP contribution in [0.1, 0.15) is 25.3 Å². The molecule has 3 nitrogen and oxygen atoms in total. The van der Waals surface area contributed by atoms with Gasteiger partial charge in [0.25, 0.3) is 0 Å². The first kappa shape index (κ1) is 14.4. The van der Waals surface area contributed by atoms with Crippen molar-refractivity contribution >= 4 is 28.6 Å². The van der Waals surface area contributed by atoms with E-state index in [0.717, 1.165) is 22.0 Å². The van der Waals surface area contributed by atoms with Crippen molar-refractivity contribution < 1.29 is 14.6 Å². The van der Waals surface area contributed by atoms with E-state index in [4.69, 9.17) is 9.84 Å². The van der Waals surface area contributed by atoms with E-state index < -0.39 is 12.1 Å². The third kappa shape index (κ3) is 5.50. The van der Waals surface area contributed by atoms with Crippen LogP contribution >= 0.6 is 22.6 Å². The van der Waals surface area contributed by atoms with Gasteiger partial charge in [-0.05, 0) is 46.7 Å². The molecule has 0 aliphatic heterocycles. The molecule has 0 bridgehead atoms. The molecule has 0 aromatic heterocycles. The molecule has 0 radical (unpaired) electrons. The average Bonchev–Trinajstić information content (AvgIpc) is 2.30. The highest BCUT2D eigenvalue weighted by Gasteiger charge is 2.18. The molecule has 0 aliphatic carbocycles. The summed E-state index contributed by atoms with van der Waals surface area (Å²) in [6.45, 7) is 2.57. The number of carbonyl (C=O) groups is 1. The molecule has 0 saturated carbocycles. The molecule has 1 aromatic carbocycles. The maximum absolute atomic E-state index is 11.0. The van der Waals surface area contributed by atoms with E-state index in [9.17, 15) is 4.79 Å². The zero-order valence-electron chi connectivity index (χ0n) is 9.86. The molecule has 1 unspecified atom stereocenters. The summed E-state index contributed by atoms with van der Waals surface area (Å²) in [4.78, 5) is 11.0. The van der Waals surface area contributed by atoms with Crippen molar-refractivity contribution in [2.45, 2.75) is 32.3 Å². The van der Waals surface area contributed by atoms with Crippen molar-refractivity contribution in [2.75, 3.05) is 6.61 Å². The number of hydrogen-bond donors (Lipinski definition) is 1. The Bertz CT molecular complexity index is 348. The Hall–Kier alpha value is -0.620. The van der Waals surface area contributed by atoms with Gasteiger partial charge >= 0.3 is 5.97 Å². The number of halogens is 1. The van der Waals surface area contributed by atoms with E-state index >= 15 is 0 Å². The fraction of sp³-hybridized carbons (Fsp3) is 0.462. The van der Waals surface area contributed by atoms with Gasteiger partial charge in [0.1, 0.15) is 0 Å². The van der Waals surface area contributed by atoms with Crippen molar-refractivity contribution in [3.8, 4) is 0 Å². The van der Waals surface area contributed by atoms with Crippen molar-refractivity contribution in [1.82, 2.24) is 0 Å². The molecule has 0 aliphatic rings. The summed E-state index contributed by atoms with van der Waals surface area (Å²) in [6.07, 6.45) is 1.60. The fourth-order valence-corrected chi connectivity index (χ4v) is 1.78. The Labute approximate surface area is 115 Å². The third-order valence-electron chi connectivity index (χ3n) is 2.43. The molecule has 0 amide bonds. The predicted octanol–water partition coefficient (Wildman–Crippen LogP) is 3.10. The predicted molar refractivity (Wildman–Crippen MR) is 75.1 cm³/mol. The highest BCUT2D eigenvalue weighted by atomic mass is 127. The van der Waals surface area contributed by atoms with Gasteiger partial charge in [-0.2, -0.15) is 0 Å². The molecule has 4 heteroatoms. The van der Waals surface area contributed by atoms with Gasteiger partial charge < -0.3 is 9.84 Å². The molecular weight excluding hydrogens is 331 g/mol. The number of benzene rings is 1. The Balaban J connectivity index is 2.54. The van der Waals surface area contributed by atoms with Crippen molar-refractivity contribution in [2.24, 2.45) is 0 Å². The summed E-state index contributed by atoms with van der Waals surface area (Å²) in [6, 6.07) is 7.84. The summed E-state index contributed by atoms with van der Waals surface area (Å²) < 4.78 is 6.52. The minimum Gasteiger partial charge on any atom is -0.479 e. The lowest BCUT2D eigenvalue weighted by atomic mass is 10.1. The number of ether oxygens (including phenoxy) is 1. The van der Waals surface area contributed by atoms with Gasteiger partial charge in [0.15, 0.2) is 6.10 Å². The minimum atomic E-state index is -0.889. The van der Waals surface area contributed by atoms with E-state index in [-0.39, 0.29) is 0 Å². The maximum atomic E-state index is 11.0. The van der Waals surface area contributed by atoms with Crippen LogP contribution in [0.25, 0.3) is 0 Å². The smallest absolute Gasteiger partial charge is 0.333 e. The van der Waals surface area contributed by atoms with Crippen LogP contribution in [0, 0.1) is 3.57 Å². The third-order valence-corrected chi connectivity index (χ3v) is 3.15. The van der Waals surface area contributed by atoms with Gasteiger partial charge in [-0.15, -0.1) is 0 Å². The fourth-order valence-electron chi connectivity index (χ4n) is 1.42. The number of unbranched alkanes of at least 4 members (excludes halogenated alkanes) is 1. The van der Waals surface area contributed by atoms with Crippen LogP contribution in [0.5, 0.6) is 0 Å². The van der Waals surface area contributed by atoms with Crippen LogP contribution in [0.3, 0.4) is 0 Å². The van der Waals surface area contributed by atoms with Crippen LogP contribution in [0.4, 0.5) is 0 Å². The molecule has 0 spiro atoms. The lowest BCUT2D eigenvalue weighted by Crippen LogP contribution is -2.26. The second-order valence-electron chi connectivity index (χ2n) is 3.88. The quantitative estimate of drug-likeness (QED) is 0.608. The highest BCUT2D eigenvalue weighted by molar-refractivity contribution is 14.1. The molecule has 1 N–H and O–H groups in total. The molecule has 0 fully saturated rings. The molecule has 94 valence electrons. The van der Waals surface area contributed by atoms with Crippen LogP contribution in [-0.2, 0) is 16.0 Å². The van der Waals surface area contributed by atoms with Gasteiger partial charge in [0.2, 0.25) is 0 Å². The standard InChI is InChI=1S/C13H17IO3/c1-2-3-8-17-12(13(15)16)9-10-4-6-11(14)7-5-10/h4-7,12H,2-3,8-9H2,1H3,(H,15,16). The van der Waals surface area contributed by atoms with Crippen LogP contribution in [-0.4, -0.2) is 23.8 Å². The van der Waals surface area contributed by atoms with Crippen molar-refractivity contribution in [3.05, 3.63) is 33.4 Å². The van der Waals surface area contributed by atoms with Crippen LogP contribution in [0.2, 0.25) is 0 Å². The largest absolute Gasteiger partial charge is 0.479 e. The van der Waals surface area contributed by atoms with E-state index in [2.05, 4.69) is 29.5 Å².